The van der Waals surface area contributed by atoms with Gasteiger partial charge >= 0.3 is 0 Å². The fraction of sp³-hybridized carbons (Fsp3) is 0.600. The summed E-state index contributed by atoms with van der Waals surface area (Å²) in [5.41, 5.74) is 0.538. The van der Waals surface area contributed by atoms with E-state index in [0.717, 1.165) is 17.7 Å². The van der Waals surface area contributed by atoms with Crippen molar-refractivity contribution in [3.8, 4) is 11.9 Å². The summed E-state index contributed by atoms with van der Waals surface area (Å²) in [5, 5.41) is 29.1. The van der Waals surface area contributed by atoms with Crippen molar-refractivity contribution in [1.29, 1.82) is 5.26 Å². The predicted molar refractivity (Wildman–Crippen MR) is 80.1 cm³/mol. The molecule has 1 heterocycles. The summed E-state index contributed by atoms with van der Waals surface area (Å²) in [4.78, 5) is 14.3. The highest BCUT2D eigenvalue weighted by atomic mass is 16.3. The van der Waals surface area contributed by atoms with Crippen LogP contribution in [0.5, 0.6) is 5.88 Å². The summed E-state index contributed by atoms with van der Waals surface area (Å²) < 4.78 is 1.08. The van der Waals surface area contributed by atoms with E-state index in [9.17, 15) is 20.3 Å². The first kappa shape index (κ1) is 17.2. The van der Waals surface area contributed by atoms with E-state index in [1.165, 1.54) is 6.92 Å². The van der Waals surface area contributed by atoms with Crippen LogP contribution in [-0.4, -0.2) is 38.9 Å². The number of rotatable bonds is 6. The van der Waals surface area contributed by atoms with Crippen LogP contribution in [0.25, 0.3) is 0 Å². The molecule has 0 fully saturated rings. The molecule has 6 nitrogen and oxygen atoms in total. The molecular weight excluding hydrogens is 270 g/mol. The molecule has 21 heavy (non-hydrogen) atoms. The van der Waals surface area contributed by atoms with Crippen molar-refractivity contribution in [1.82, 2.24) is 9.47 Å². The van der Waals surface area contributed by atoms with E-state index in [-0.39, 0.29) is 18.0 Å². The Morgan fingerprint density at radius 3 is 2.38 bits per heavy atom. The van der Waals surface area contributed by atoms with Crippen LogP contribution in [-0.2, 0) is 13.1 Å². The maximum absolute atomic E-state index is 12.2. The van der Waals surface area contributed by atoms with Gasteiger partial charge in [0.25, 0.3) is 5.56 Å². The van der Waals surface area contributed by atoms with Crippen molar-refractivity contribution < 1.29 is 10.2 Å². The molecule has 1 aromatic rings. The molecule has 0 aliphatic heterocycles. The summed E-state index contributed by atoms with van der Waals surface area (Å²) >= 11 is 0. The van der Waals surface area contributed by atoms with E-state index in [1.807, 2.05) is 19.9 Å². The lowest BCUT2D eigenvalue weighted by Gasteiger charge is -2.22. The van der Waals surface area contributed by atoms with Crippen LogP contribution >= 0.6 is 0 Å². The minimum Gasteiger partial charge on any atom is -0.494 e. The third kappa shape index (κ3) is 3.63. The van der Waals surface area contributed by atoms with Gasteiger partial charge in [-0.1, -0.05) is 13.8 Å². The highest BCUT2D eigenvalue weighted by Gasteiger charge is 2.20. The summed E-state index contributed by atoms with van der Waals surface area (Å²) in [7, 11) is 0. The monoisotopic (exact) mass is 293 g/mol. The van der Waals surface area contributed by atoms with Crippen LogP contribution in [0, 0.1) is 18.3 Å². The van der Waals surface area contributed by atoms with Gasteiger partial charge in [-0.15, -0.1) is 0 Å². The van der Waals surface area contributed by atoms with Crippen LogP contribution in [0.15, 0.2) is 4.79 Å². The van der Waals surface area contributed by atoms with Gasteiger partial charge in [-0.3, -0.25) is 14.3 Å². The van der Waals surface area contributed by atoms with Crippen molar-refractivity contribution in [2.45, 2.75) is 46.9 Å². The molecule has 0 bridgehead atoms. The normalized spacial score (nSPS) is 12.4. The second-order valence-corrected chi connectivity index (χ2v) is 5.14. The van der Waals surface area contributed by atoms with Gasteiger partial charge in [0.2, 0.25) is 0 Å². The quantitative estimate of drug-likeness (QED) is 0.815. The molecule has 0 aliphatic rings. The van der Waals surface area contributed by atoms with Crippen LogP contribution in [0.4, 0.5) is 0 Å². The smallest absolute Gasteiger partial charge is 0.271 e. The van der Waals surface area contributed by atoms with Crippen LogP contribution in [0.1, 0.15) is 37.5 Å². The molecular formula is C15H23N3O3. The lowest BCUT2D eigenvalue weighted by molar-refractivity contribution is 0.166. The number of nitriles is 1. The Labute approximate surface area is 124 Å². The molecule has 0 radical (unpaired) electrons. The van der Waals surface area contributed by atoms with E-state index in [0.29, 0.717) is 17.7 Å². The van der Waals surface area contributed by atoms with Crippen molar-refractivity contribution in [2.75, 3.05) is 13.1 Å². The largest absolute Gasteiger partial charge is 0.494 e. The highest BCUT2D eigenvalue weighted by molar-refractivity contribution is 5.45. The molecule has 0 saturated carbocycles. The molecule has 0 amide bonds. The zero-order valence-electron chi connectivity index (χ0n) is 13.1. The Hall–Kier alpha value is -1.84. The number of aliphatic hydroxyl groups is 1. The summed E-state index contributed by atoms with van der Waals surface area (Å²) in [5.74, 6) is -0.163. The SMILES string of the molecule is CCN(CC)Cc1c(C)c(C#N)c(=O)n(CC(C)O)c1O. The minimum absolute atomic E-state index is 0.0237. The molecule has 1 unspecified atom stereocenters. The topological polar surface area (TPSA) is 89.5 Å². The van der Waals surface area contributed by atoms with Gasteiger partial charge in [-0.2, -0.15) is 5.26 Å². The van der Waals surface area contributed by atoms with Crippen LogP contribution < -0.4 is 5.56 Å². The first-order chi connectivity index (χ1) is 9.87. The second-order valence-electron chi connectivity index (χ2n) is 5.14. The van der Waals surface area contributed by atoms with Crippen LogP contribution in [0.2, 0.25) is 0 Å². The molecule has 1 rings (SSSR count). The number of hydrogen-bond acceptors (Lipinski definition) is 5. The molecule has 0 saturated heterocycles. The summed E-state index contributed by atoms with van der Waals surface area (Å²) in [6.07, 6.45) is -0.788. The Morgan fingerprint density at radius 2 is 1.95 bits per heavy atom. The molecule has 0 aromatic carbocycles. The number of aliphatic hydroxyl groups excluding tert-OH is 1. The minimum atomic E-state index is -0.788. The number of aromatic hydroxyl groups is 1. The number of pyridine rings is 1. The third-order valence-corrected chi connectivity index (χ3v) is 3.65. The van der Waals surface area contributed by atoms with Crippen molar-refractivity contribution >= 4 is 0 Å². The van der Waals surface area contributed by atoms with E-state index in [2.05, 4.69) is 4.90 Å². The Morgan fingerprint density at radius 1 is 1.38 bits per heavy atom. The van der Waals surface area contributed by atoms with Gasteiger partial charge < -0.3 is 10.2 Å². The van der Waals surface area contributed by atoms with Gasteiger partial charge in [-0.25, -0.2) is 0 Å². The van der Waals surface area contributed by atoms with E-state index >= 15 is 0 Å². The van der Waals surface area contributed by atoms with Gasteiger partial charge in [0.05, 0.1) is 12.6 Å². The number of hydrogen-bond donors (Lipinski definition) is 2. The fourth-order valence-electron chi connectivity index (χ4n) is 2.30. The second kappa shape index (κ2) is 7.25. The molecule has 116 valence electrons. The lowest BCUT2D eigenvalue weighted by Crippen LogP contribution is -2.31. The fourth-order valence-corrected chi connectivity index (χ4v) is 2.30. The van der Waals surface area contributed by atoms with Crippen molar-refractivity contribution in [3.05, 3.63) is 27.0 Å². The average molecular weight is 293 g/mol. The number of nitrogens with zero attached hydrogens (tertiary/aromatic N) is 3. The van der Waals surface area contributed by atoms with Crippen molar-refractivity contribution in [2.24, 2.45) is 0 Å². The summed E-state index contributed by atoms with van der Waals surface area (Å²) in [6, 6.07) is 1.91. The molecule has 0 aliphatic carbocycles. The molecule has 0 spiro atoms. The van der Waals surface area contributed by atoms with Crippen molar-refractivity contribution in [3.63, 3.8) is 0 Å². The third-order valence-electron chi connectivity index (χ3n) is 3.65. The van der Waals surface area contributed by atoms with Gasteiger partial charge in [0.15, 0.2) is 5.88 Å². The first-order valence-corrected chi connectivity index (χ1v) is 7.13. The van der Waals surface area contributed by atoms with E-state index < -0.39 is 11.7 Å². The lowest BCUT2D eigenvalue weighted by atomic mass is 10.0. The molecule has 2 N–H and O–H groups in total. The summed E-state index contributed by atoms with van der Waals surface area (Å²) in [6.45, 7) is 9.23. The molecule has 6 heteroatoms. The van der Waals surface area contributed by atoms with Gasteiger partial charge in [0.1, 0.15) is 11.6 Å². The highest BCUT2D eigenvalue weighted by Crippen LogP contribution is 2.23. The van der Waals surface area contributed by atoms with E-state index in [4.69, 9.17) is 0 Å². The number of aromatic nitrogens is 1. The molecule has 1 atom stereocenters. The van der Waals surface area contributed by atoms with Gasteiger partial charge in [-0.05, 0) is 32.5 Å². The Kier molecular flexibility index (Phi) is 5.94. The zero-order chi connectivity index (χ0) is 16.2. The van der Waals surface area contributed by atoms with Crippen LogP contribution in [0.3, 0.4) is 0 Å². The zero-order valence-corrected chi connectivity index (χ0v) is 13.1. The Balaban J connectivity index is 3.49. The predicted octanol–water partition coefficient (Wildman–Crippen LogP) is 0.957. The van der Waals surface area contributed by atoms with E-state index in [1.54, 1.807) is 6.92 Å². The first-order valence-electron chi connectivity index (χ1n) is 7.13. The average Bonchev–Trinajstić information content (AvgIpc) is 2.44. The van der Waals surface area contributed by atoms with Gasteiger partial charge in [0, 0.05) is 12.1 Å². The standard InChI is InChI=1S/C15H23N3O3/c1-5-17(6-2)9-13-11(4)12(7-16)14(20)18(15(13)21)8-10(3)19/h10,19,21H,5-6,8-9H2,1-4H3. The Bertz CT molecular complexity index is 596. The maximum Gasteiger partial charge on any atom is 0.271 e. The molecule has 1 aromatic heterocycles. The maximum atomic E-state index is 12.2.